The maximum absolute atomic E-state index is 12.2. The average Bonchev–Trinajstić information content (AvgIpc) is 3.15. The van der Waals surface area contributed by atoms with Gasteiger partial charge in [0.1, 0.15) is 5.76 Å². The number of aliphatic hydroxyl groups is 1. The van der Waals surface area contributed by atoms with E-state index in [1.165, 1.54) is 68.7 Å². The van der Waals surface area contributed by atoms with Gasteiger partial charge in [-0.2, -0.15) is 0 Å². The van der Waals surface area contributed by atoms with Crippen molar-refractivity contribution in [2.24, 2.45) is 52.1 Å². The molecule has 4 aliphatic carbocycles. The van der Waals surface area contributed by atoms with Crippen molar-refractivity contribution in [3.05, 3.63) is 23.5 Å². The molecule has 0 aromatic heterocycles. The molecule has 4 aliphatic rings. The van der Waals surface area contributed by atoms with Crippen LogP contribution in [0.4, 0.5) is 0 Å². The van der Waals surface area contributed by atoms with Gasteiger partial charge in [0.2, 0.25) is 0 Å². The molecule has 0 aromatic rings. The van der Waals surface area contributed by atoms with E-state index in [1.807, 2.05) is 0 Å². The summed E-state index contributed by atoms with van der Waals surface area (Å²) < 4.78 is 0. The fourth-order valence-electron chi connectivity index (χ4n) is 8.74. The molecule has 0 saturated heterocycles. The van der Waals surface area contributed by atoms with Crippen LogP contribution in [0.5, 0.6) is 0 Å². The fraction of sp³-hybridized carbons (Fsp3) is 0.828. The number of rotatable bonds is 8. The summed E-state index contributed by atoms with van der Waals surface area (Å²) in [5.74, 6) is 5.49. The maximum atomic E-state index is 12.2. The first kappa shape index (κ1) is 25.4. The van der Waals surface area contributed by atoms with E-state index in [0.29, 0.717) is 22.8 Å². The summed E-state index contributed by atoms with van der Waals surface area (Å²) >= 11 is 1.42. The normalized spacial score (nSPS) is 39.5. The summed E-state index contributed by atoms with van der Waals surface area (Å²) in [7, 11) is 0. The zero-order chi connectivity index (χ0) is 23.8. The summed E-state index contributed by atoms with van der Waals surface area (Å²) in [5, 5.41) is 10.4. The van der Waals surface area contributed by atoms with Crippen LogP contribution >= 0.6 is 11.8 Å². The van der Waals surface area contributed by atoms with Crippen molar-refractivity contribution < 1.29 is 9.90 Å². The van der Waals surface area contributed by atoms with Crippen molar-refractivity contribution in [2.75, 3.05) is 12.3 Å². The topological polar surface area (TPSA) is 63.3 Å². The van der Waals surface area contributed by atoms with E-state index in [0.717, 1.165) is 48.2 Å². The molecule has 0 spiro atoms. The number of carbonyl (C=O) groups is 1. The van der Waals surface area contributed by atoms with Crippen LogP contribution in [0.15, 0.2) is 23.5 Å². The van der Waals surface area contributed by atoms with Crippen molar-refractivity contribution in [2.45, 2.75) is 91.9 Å². The molecule has 8 atom stereocenters. The van der Waals surface area contributed by atoms with Crippen molar-refractivity contribution in [1.82, 2.24) is 0 Å². The molecule has 0 amide bonds. The fourth-order valence-corrected chi connectivity index (χ4v) is 9.46. The number of nitrogens with two attached hydrogens (primary N) is 1. The Morgan fingerprint density at radius 2 is 1.97 bits per heavy atom. The molecule has 0 aliphatic heterocycles. The van der Waals surface area contributed by atoms with E-state index in [1.54, 1.807) is 0 Å². The van der Waals surface area contributed by atoms with E-state index in [-0.39, 0.29) is 11.3 Å². The van der Waals surface area contributed by atoms with Gasteiger partial charge in [-0.25, -0.2) is 0 Å². The van der Waals surface area contributed by atoms with Gasteiger partial charge in [0.25, 0.3) is 0 Å². The Bertz CT molecular complexity index is 790. The lowest BCUT2D eigenvalue weighted by molar-refractivity contribution is -0.114. The van der Waals surface area contributed by atoms with Gasteiger partial charge in [-0.1, -0.05) is 57.9 Å². The molecule has 0 bridgehead atoms. The standard InChI is InChI=1S/C29H47NO2S/c1-19(6-5-7-20(2)27(32)33-17-16-30)24-10-11-25-23-9-8-21-18-22(31)12-14-28(21,3)26(23)13-15-29(24,25)4/h12,18-20,23-26,31H,5-11,13-17,30H2,1-4H3/t19-,20+,23+,24-,25+,26+,28+,29-/m1/s1. The third-order valence-corrected chi connectivity index (χ3v) is 11.7. The van der Waals surface area contributed by atoms with Crippen LogP contribution in [-0.4, -0.2) is 22.5 Å². The molecule has 33 heavy (non-hydrogen) atoms. The van der Waals surface area contributed by atoms with E-state index in [2.05, 4.69) is 39.8 Å². The minimum atomic E-state index is 0.158. The average molecular weight is 474 g/mol. The van der Waals surface area contributed by atoms with Gasteiger partial charge in [-0.05, 0) is 104 Å². The molecular weight excluding hydrogens is 426 g/mol. The van der Waals surface area contributed by atoms with E-state index < -0.39 is 0 Å². The third-order valence-electron chi connectivity index (χ3n) is 10.6. The second-order valence-corrected chi connectivity index (χ2v) is 13.4. The summed E-state index contributed by atoms with van der Waals surface area (Å²) in [5.41, 5.74) is 7.83. The number of aliphatic hydroxyl groups excluding tert-OH is 1. The molecule has 0 radical (unpaired) electrons. The summed E-state index contributed by atoms with van der Waals surface area (Å²) in [6, 6.07) is 0. The van der Waals surface area contributed by atoms with Crippen molar-refractivity contribution in [3.63, 3.8) is 0 Å². The Kier molecular flexibility index (Phi) is 7.75. The van der Waals surface area contributed by atoms with Gasteiger partial charge in [-0.15, -0.1) is 0 Å². The Labute approximate surface area is 206 Å². The summed E-state index contributed by atoms with van der Waals surface area (Å²) in [4.78, 5) is 12.2. The van der Waals surface area contributed by atoms with Crippen LogP contribution in [0, 0.1) is 46.3 Å². The zero-order valence-corrected chi connectivity index (χ0v) is 22.3. The van der Waals surface area contributed by atoms with Crippen molar-refractivity contribution in [1.29, 1.82) is 0 Å². The number of thioether (sulfide) groups is 1. The van der Waals surface area contributed by atoms with Crippen LogP contribution in [-0.2, 0) is 4.79 Å². The largest absolute Gasteiger partial charge is 0.508 e. The lowest BCUT2D eigenvalue weighted by Gasteiger charge is -2.58. The number of hydrogen-bond acceptors (Lipinski definition) is 4. The minimum absolute atomic E-state index is 0.158. The Morgan fingerprint density at radius 3 is 2.73 bits per heavy atom. The molecule has 186 valence electrons. The van der Waals surface area contributed by atoms with Gasteiger partial charge < -0.3 is 10.8 Å². The van der Waals surface area contributed by atoms with Gasteiger partial charge in [0.15, 0.2) is 5.12 Å². The van der Waals surface area contributed by atoms with Crippen LogP contribution in [0.3, 0.4) is 0 Å². The van der Waals surface area contributed by atoms with Crippen LogP contribution in [0.2, 0.25) is 0 Å². The van der Waals surface area contributed by atoms with Crippen LogP contribution < -0.4 is 5.73 Å². The number of hydrogen-bond donors (Lipinski definition) is 2. The highest BCUT2D eigenvalue weighted by molar-refractivity contribution is 8.13. The smallest absolute Gasteiger partial charge is 0.191 e. The lowest BCUT2D eigenvalue weighted by Crippen LogP contribution is -2.50. The predicted molar refractivity (Wildman–Crippen MR) is 140 cm³/mol. The first-order chi connectivity index (χ1) is 15.7. The first-order valence-corrected chi connectivity index (χ1v) is 14.7. The van der Waals surface area contributed by atoms with Gasteiger partial charge in [0.05, 0.1) is 0 Å². The van der Waals surface area contributed by atoms with Crippen molar-refractivity contribution >= 4 is 16.9 Å². The molecule has 0 unspecified atom stereocenters. The van der Waals surface area contributed by atoms with E-state index in [9.17, 15) is 9.90 Å². The third kappa shape index (κ3) is 4.73. The second kappa shape index (κ2) is 10.1. The summed E-state index contributed by atoms with van der Waals surface area (Å²) in [6.45, 7) is 10.3. The van der Waals surface area contributed by atoms with Gasteiger partial charge in [-0.3, -0.25) is 4.79 Å². The summed E-state index contributed by atoms with van der Waals surface area (Å²) in [6.07, 6.45) is 16.7. The molecule has 4 heteroatoms. The maximum Gasteiger partial charge on any atom is 0.191 e. The molecular formula is C29H47NO2S. The number of allylic oxidation sites excluding steroid dienone is 3. The Morgan fingerprint density at radius 1 is 1.18 bits per heavy atom. The highest BCUT2D eigenvalue weighted by Crippen LogP contribution is 2.67. The quantitative estimate of drug-likeness (QED) is 0.389. The molecule has 3 nitrogen and oxygen atoms in total. The highest BCUT2D eigenvalue weighted by atomic mass is 32.2. The van der Waals surface area contributed by atoms with E-state index >= 15 is 0 Å². The predicted octanol–water partition coefficient (Wildman–Crippen LogP) is 7.28. The van der Waals surface area contributed by atoms with Crippen molar-refractivity contribution in [3.8, 4) is 0 Å². The first-order valence-electron chi connectivity index (χ1n) is 13.7. The lowest BCUT2D eigenvalue weighted by atomic mass is 9.47. The molecule has 4 rings (SSSR count). The number of carbonyl (C=O) groups excluding carboxylic acids is 1. The monoisotopic (exact) mass is 473 g/mol. The molecule has 0 heterocycles. The molecule has 0 aromatic carbocycles. The van der Waals surface area contributed by atoms with Gasteiger partial charge in [0, 0.05) is 18.2 Å². The van der Waals surface area contributed by atoms with Crippen LogP contribution in [0.25, 0.3) is 0 Å². The molecule has 3 saturated carbocycles. The zero-order valence-electron chi connectivity index (χ0n) is 21.4. The second-order valence-electron chi connectivity index (χ2n) is 12.3. The molecule has 3 N–H and O–H groups in total. The number of fused-ring (bicyclic) bond motifs is 5. The minimum Gasteiger partial charge on any atom is -0.508 e. The van der Waals surface area contributed by atoms with Crippen LogP contribution in [0.1, 0.15) is 91.9 Å². The highest BCUT2D eigenvalue weighted by Gasteiger charge is 2.59. The Balaban J connectivity index is 1.36. The molecule has 3 fully saturated rings. The Hall–Kier alpha value is -0.740. The van der Waals surface area contributed by atoms with E-state index in [4.69, 9.17) is 5.73 Å². The SMILES string of the molecule is C[C@H](CCC[C@H](C)C(=O)SCCN)[C@H]1CC[C@H]2[C@@H]3CCC4=CC(O)=CC[C@]4(C)[C@H]3CC[C@]12C. The van der Waals surface area contributed by atoms with Gasteiger partial charge >= 0.3 is 0 Å².